The van der Waals surface area contributed by atoms with Crippen LogP contribution in [0, 0.1) is 0 Å². The molecule has 0 bridgehead atoms. The molecule has 2 nitrogen and oxygen atoms in total. The number of aromatic nitrogens is 1. The number of hydrogen-bond donors (Lipinski definition) is 2. The first-order chi connectivity index (χ1) is 4.88. The van der Waals surface area contributed by atoms with Gasteiger partial charge in [0.15, 0.2) is 0 Å². The zero-order chi connectivity index (χ0) is 6.97. The molecule has 1 atom stereocenters. The first-order valence-electron chi connectivity index (χ1n) is 3.79. The van der Waals surface area contributed by atoms with Crippen molar-refractivity contribution < 1.29 is 0 Å². The molecule has 2 heteroatoms. The van der Waals surface area contributed by atoms with Gasteiger partial charge in [-0.05, 0) is 30.9 Å². The number of aromatic amines is 1. The summed E-state index contributed by atoms with van der Waals surface area (Å²) >= 11 is 0. The van der Waals surface area contributed by atoms with Crippen molar-refractivity contribution in [2.24, 2.45) is 5.73 Å². The fourth-order valence-electron chi connectivity index (χ4n) is 1.63. The first kappa shape index (κ1) is 5.98. The van der Waals surface area contributed by atoms with Crippen LogP contribution in [-0.2, 0) is 6.42 Å². The van der Waals surface area contributed by atoms with Gasteiger partial charge < -0.3 is 10.7 Å². The Morgan fingerprint density at radius 2 is 2.50 bits per heavy atom. The SMILES string of the molecule is NC1CCCc2cc[nH]c21. The van der Waals surface area contributed by atoms with Crippen molar-refractivity contribution in [2.75, 3.05) is 0 Å². The van der Waals surface area contributed by atoms with Crippen molar-refractivity contribution in [3.05, 3.63) is 23.5 Å². The van der Waals surface area contributed by atoms with Gasteiger partial charge in [0, 0.05) is 17.9 Å². The maximum Gasteiger partial charge on any atom is 0.0450 e. The van der Waals surface area contributed by atoms with E-state index in [-0.39, 0.29) is 6.04 Å². The quantitative estimate of drug-likeness (QED) is 0.555. The number of H-pyrrole nitrogens is 1. The normalized spacial score (nSPS) is 24.3. The van der Waals surface area contributed by atoms with E-state index in [1.54, 1.807) is 0 Å². The number of nitrogens with one attached hydrogen (secondary N) is 1. The third-order valence-electron chi connectivity index (χ3n) is 2.20. The fourth-order valence-corrected chi connectivity index (χ4v) is 1.63. The topological polar surface area (TPSA) is 41.8 Å². The van der Waals surface area contributed by atoms with Gasteiger partial charge in [-0.15, -0.1) is 0 Å². The second-order valence-electron chi connectivity index (χ2n) is 2.92. The van der Waals surface area contributed by atoms with Gasteiger partial charge in [0.1, 0.15) is 0 Å². The van der Waals surface area contributed by atoms with Crippen molar-refractivity contribution in [2.45, 2.75) is 25.3 Å². The van der Waals surface area contributed by atoms with Gasteiger partial charge in [-0.2, -0.15) is 0 Å². The Kier molecular flexibility index (Phi) is 1.27. The average molecular weight is 136 g/mol. The molecule has 0 saturated heterocycles. The van der Waals surface area contributed by atoms with E-state index in [0.29, 0.717) is 0 Å². The lowest BCUT2D eigenvalue weighted by atomic mass is 9.94. The maximum absolute atomic E-state index is 5.86. The molecule has 10 heavy (non-hydrogen) atoms. The Bertz CT molecular complexity index is 227. The Labute approximate surface area is 60.4 Å². The maximum atomic E-state index is 5.86. The number of hydrogen-bond acceptors (Lipinski definition) is 1. The summed E-state index contributed by atoms with van der Waals surface area (Å²) in [4.78, 5) is 3.18. The molecule has 0 fully saturated rings. The molecule has 1 heterocycles. The molecule has 0 radical (unpaired) electrons. The zero-order valence-corrected chi connectivity index (χ0v) is 5.93. The number of nitrogens with two attached hydrogens (primary N) is 1. The molecule has 0 aromatic carbocycles. The van der Waals surface area contributed by atoms with Crippen LogP contribution in [-0.4, -0.2) is 4.98 Å². The van der Waals surface area contributed by atoms with Gasteiger partial charge in [0.25, 0.3) is 0 Å². The van der Waals surface area contributed by atoms with E-state index in [2.05, 4.69) is 11.1 Å². The summed E-state index contributed by atoms with van der Waals surface area (Å²) in [6.45, 7) is 0. The van der Waals surface area contributed by atoms with Crippen LogP contribution in [0.1, 0.15) is 30.1 Å². The summed E-state index contributed by atoms with van der Waals surface area (Å²) in [7, 11) is 0. The summed E-state index contributed by atoms with van der Waals surface area (Å²) < 4.78 is 0. The van der Waals surface area contributed by atoms with Gasteiger partial charge in [0.2, 0.25) is 0 Å². The minimum absolute atomic E-state index is 0.263. The Hall–Kier alpha value is -0.760. The van der Waals surface area contributed by atoms with Crippen LogP contribution >= 0.6 is 0 Å². The molecule has 0 spiro atoms. The largest absolute Gasteiger partial charge is 0.363 e. The van der Waals surface area contributed by atoms with E-state index in [1.165, 1.54) is 24.1 Å². The zero-order valence-electron chi connectivity index (χ0n) is 5.93. The molecule has 1 aliphatic rings. The van der Waals surface area contributed by atoms with E-state index in [9.17, 15) is 0 Å². The van der Waals surface area contributed by atoms with Crippen molar-refractivity contribution in [1.29, 1.82) is 0 Å². The van der Waals surface area contributed by atoms with Crippen LogP contribution in [0.25, 0.3) is 0 Å². The standard InChI is InChI=1S/C8H12N2/c9-7-3-1-2-6-4-5-10-8(6)7/h4-5,7,10H,1-3,9H2. The van der Waals surface area contributed by atoms with Crippen LogP contribution in [0.5, 0.6) is 0 Å². The van der Waals surface area contributed by atoms with Crippen LogP contribution < -0.4 is 5.73 Å². The van der Waals surface area contributed by atoms with Crippen LogP contribution in [0.15, 0.2) is 12.3 Å². The predicted octanol–water partition coefficient (Wildman–Crippen LogP) is 1.35. The van der Waals surface area contributed by atoms with Crippen LogP contribution in [0.4, 0.5) is 0 Å². The Morgan fingerprint density at radius 3 is 3.30 bits per heavy atom. The van der Waals surface area contributed by atoms with Gasteiger partial charge in [0.05, 0.1) is 0 Å². The van der Waals surface area contributed by atoms with E-state index >= 15 is 0 Å². The van der Waals surface area contributed by atoms with E-state index in [1.807, 2.05) is 6.20 Å². The van der Waals surface area contributed by atoms with Crippen LogP contribution in [0.3, 0.4) is 0 Å². The minimum Gasteiger partial charge on any atom is -0.363 e. The van der Waals surface area contributed by atoms with Gasteiger partial charge >= 0.3 is 0 Å². The highest BCUT2D eigenvalue weighted by molar-refractivity contribution is 5.25. The fraction of sp³-hybridized carbons (Fsp3) is 0.500. The molecular formula is C8H12N2. The Morgan fingerprint density at radius 1 is 1.60 bits per heavy atom. The van der Waals surface area contributed by atoms with Crippen LogP contribution in [0.2, 0.25) is 0 Å². The number of aryl methyl sites for hydroxylation is 1. The predicted molar refractivity (Wildman–Crippen MR) is 40.7 cm³/mol. The van der Waals surface area contributed by atoms with Gasteiger partial charge in [-0.25, -0.2) is 0 Å². The lowest BCUT2D eigenvalue weighted by molar-refractivity contribution is 0.560. The van der Waals surface area contributed by atoms with E-state index in [0.717, 1.165) is 6.42 Å². The van der Waals surface area contributed by atoms with Crippen molar-refractivity contribution in [3.8, 4) is 0 Å². The summed E-state index contributed by atoms with van der Waals surface area (Å²) in [6, 6.07) is 2.40. The summed E-state index contributed by atoms with van der Waals surface area (Å²) in [6.07, 6.45) is 5.56. The van der Waals surface area contributed by atoms with Crippen molar-refractivity contribution >= 4 is 0 Å². The van der Waals surface area contributed by atoms with Crippen molar-refractivity contribution in [3.63, 3.8) is 0 Å². The highest BCUT2D eigenvalue weighted by Gasteiger charge is 2.16. The minimum atomic E-state index is 0.263. The van der Waals surface area contributed by atoms with Gasteiger partial charge in [-0.3, -0.25) is 0 Å². The molecule has 54 valence electrons. The Balaban J connectivity index is 2.41. The average Bonchev–Trinajstić information content (AvgIpc) is 2.36. The van der Waals surface area contributed by atoms with Crippen molar-refractivity contribution in [1.82, 2.24) is 4.98 Å². The third-order valence-corrected chi connectivity index (χ3v) is 2.20. The molecule has 1 unspecified atom stereocenters. The summed E-state index contributed by atoms with van der Waals surface area (Å²) in [5.74, 6) is 0. The lowest BCUT2D eigenvalue weighted by Gasteiger charge is -2.17. The lowest BCUT2D eigenvalue weighted by Crippen LogP contribution is -2.16. The second kappa shape index (κ2) is 2.13. The van der Waals surface area contributed by atoms with Gasteiger partial charge in [-0.1, -0.05) is 0 Å². The molecular weight excluding hydrogens is 124 g/mol. The molecule has 0 saturated carbocycles. The monoisotopic (exact) mass is 136 g/mol. The first-order valence-corrected chi connectivity index (χ1v) is 3.79. The summed E-state index contributed by atoms with van der Waals surface area (Å²) in [5.41, 5.74) is 8.53. The molecule has 2 rings (SSSR count). The summed E-state index contributed by atoms with van der Waals surface area (Å²) in [5, 5.41) is 0. The third kappa shape index (κ3) is 0.762. The second-order valence-corrected chi connectivity index (χ2v) is 2.92. The number of fused-ring (bicyclic) bond motifs is 1. The molecule has 1 aliphatic carbocycles. The molecule has 1 aromatic heterocycles. The molecule has 0 amide bonds. The smallest absolute Gasteiger partial charge is 0.0450 e. The molecule has 0 aliphatic heterocycles. The molecule has 1 aromatic rings. The number of rotatable bonds is 0. The highest BCUT2D eigenvalue weighted by atomic mass is 14.8. The van der Waals surface area contributed by atoms with E-state index < -0.39 is 0 Å². The van der Waals surface area contributed by atoms with E-state index in [4.69, 9.17) is 5.73 Å². The molecule has 3 N–H and O–H groups in total. The highest BCUT2D eigenvalue weighted by Crippen LogP contribution is 2.25.